The van der Waals surface area contributed by atoms with Gasteiger partial charge in [-0.3, -0.25) is 4.79 Å². The van der Waals surface area contributed by atoms with Crippen LogP contribution in [0, 0.1) is 0 Å². The summed E-state index contributed by atoms with van der Waals surface area (Å²) in [7, 11) is 0. The molecule has 6 heteroatoms. The summed E-state index contributed by atoms with van der Waals surface area (Å²) >= 11 is 3.22. The Morgan fingerprint density at radius 3 is 2.95 bits per heavy atom. The molecule has 0 spiro atoms. The molecule has 0 saturated carbocycles. The fraction of sp³-hybridized carbons (Fsp3) is 0.429. The topological polar surface area (TPSA) is 66.4 Å². The summed E-state index contributed by atoms with van der Waals surface area (Å²) in [5.74, 6) is 0.00226. The standard InChI is InChI=1S/C14H17NO3S2/c1-19-7-6-11(14(17)18)15-13(16)10-8-20-12-5-3-2-4-9(10)12/h2-5,10-11H,6-8H2,1H3,(H,15,16)(H,17,18)/t10?,11-/m1/s1. The first kappa shape index (κ1) is 15.3. The second kappa shape index (κ2) is 7.04. The molecule has 1 amide bonds. The Labute approximate surface area is 126 Å². The van der Waals surface area contributed by atoms with Crippen LogP contribution in [-0.4, -0.2) is 40.8 Å². The molecule has 1 aliphatic heterocycles. The van der Waals surface area contributed by atoms with E-state index in [-0.39, 0.29) is 11.8 Å². The van der Waals surface area contributed by atoms with E-state index in [1.807, 2.05) is 30.5 Å². The van der Waals surface area contributed by atoms with E-state index < -0.39 is 12.0 Å². The van der Waals surface area contributed by atoms with Gasteiger partial charge in [0.25, 0.3) is 0 Å². The van der Waals surface area contributed by atoms with Crippen molar-refractivity contribution >= 4 is 35.4 Å². The highest BCUT2D eigenvalue weighted by Crippen LogP contribution is 2.39. The zero-order chi connectivity index (χ0) is 14.5. The van der Waals surface area contributed by atoms with Gasteiger partial charge < -0.3 is 10.4 Å². The van der Waals surface area contributed by atoms with Gasteiger partial charge in [-0.2, -0.15) is 11.8 Å². The molecule has 0 saturated heterocycles. The van der Waals surface area contributed by atoms with Crippen LogP contribution in [0.25, 0.3) is 0 Å². The molecular formula is C14H17NO3S2. The van der Waals surface area contributed by atoms with Gasteiger partial charge in [0.05, 0.1) is 5.92 Å². The number of carboxylic acids is 1. The van der Waals surface area contributed by atoms with E-state index in [0.717, 1.165) is 10.5 Å². The zero-order valence-electron chi connectivity index (χ0n) is 11.2. The minimum atomic E-state index is -0.966. The average molecular weight is 311 g/mol. The van der Waals surface area contributed by atoms with E-state index in [9.17, 15) is 9.59 Å². The first-order valence-corrected chi connectivity index (χ1v) is 8.75. The van der Waals surface area contributed by atoms with Crippen molar-refractivity contribution in [1.82, 2.24) is 5.32 Å². The van der Waals surface area contributed by atoms with Gasteiger partial charge in [0, 0.05) is 10.6 Å². The lowest BCUT2D eigenvalue weighted by molar-refractivity contribution is -0.142. The average Bonchev–Trinajstić information content (AvgIpc) is 2.87. The second-order valence-electron chi connectivity index (χ2n) is 4.58. The molecular weight excluding hydrogens is 294 g/mol. The van der Waals surface area contributed by atoms with Gasteiger partial charge in [-0.1, -0.05) is 18.2 Å². The van der Waals surface area contributed by atoms with Crippen molar-refractivity contribution in [3.05, 3.63) is 29.8 Å². The smallest absolute Gasteiger partial charge is 0.326 e. The van der Waals surface area contributed by atoms with Crippen LogP contribution in [0.5, 0.6) is 0 Å². The highest BCUT2D eigenvalue weighted by atomic mass is 32.2. The highest BCUT2D eigenvalue weighted by molar-refractivity contribution is 7.99. The largest absolute Gasteiger partial charge is 0.480 e. The lowest BCUT2D eigenvalue weighted by atomic mass is 10.00. The number of amides is 1. The molecule has 0 radical (unpaired) electrons. The quantitative estimate of drug-likeness (QED) is 0.843. The van der Waals surface area contributed by atoms with Crippen LogP contribution in [0.2, 0.25) is 0 Å². The number of hydrogen-bond acceptors (Lipinski definition) is 4. The molecule has 1 heterocycles. The maximum absolute atomic E-state index is 12.3. The molecule has 2 rings (SSSR count). The van der Waals surface area contributed by atoms with Gasteiger partial charge in [-0.25, -0.2) is 4.79 Å². The molecule has 1 aromatic rings. The number of rotatable bonds is 6. The van der Waals surface area contributed by atoms with Crippen molar-refractivity contribution in [1.29, 1.82) is 0 Å². The van der Waals surface area contributed by atoms with Gasteiger partial charge in [-0.05, 0) is 30.1 Å². The number of thioether (sulfide) groups is 2. The van der Waals surface area contributed by atoms with E-state index in [0.29, 0.717) is 17.9 Å². The molecule has 1 aliphatic rings. The lowest BCUT2D eigenvalue weighted by Crippen LogP contribution is -2.43. The Morgan fingerprint density at radius 1 is 1.50 bits per heavy atom. The molecule has 0 aliphatic carbocycles. The molecule has 0 bridgehead atoms. The van der Waals surface area contributed by atoms with Crippen LogP contribution >= 0.6 is 23.5 Å². The number of benzene rings is 1. The number of hydrogen-bond donors (Lipinski definition) is 2. The van der Waals surface area contributed by atoms with Crippen molar-refractivity contribution in [3.63, 3.8) is 0 Å². The fourth-order valence-electron chi connectivity index (χ4n) is 2.15. The minimum Gasteiger partial charge on any atom is -0.480 e. The predicted octanol–water partition coefficient (Wildman–Crippen LogP) is 2.20. The Kier molecular flexibility index (Phi) is 5.37. The number of carbonyl (C=O) groups excluding carboxylic acids is 1. The summed E-state index contributed by atoms with van der Waals surface area (Å²) in [5, 5.41) is 11.8. The van der Waals surface area contributed by atoms with Crippen LogP contribution in [0.1, 0.15) is 17.9 Å². The third kappa shape index (κ3) is 3.49. The number of aliphatic carboxylic acids is 1. The lowest BCUT2D eigenvalue weighted by Gasteiger charge is -2.17. The zero-order valence-corrected chi connectivity index (χ0v) is 12.8. The highest BCUT2D eigenvalue weighted by Gasteiger charge is 2.31. The Morgan fingerprint density at radius 2 is 2.25 bits per heavy atom. The van der Waals surface area contributed by atoms with Crippen LogP contribution in [-0.2, 0) is 9.59 Å². The van der Waals surface area contributed by atoms with Crippen molar-refractivity contribution in [2.45, 2.75) is 23.3 Å². The minimum absolute atomic E-state index is 0.184. The molecule has 0 aromatic heterocycles. The number of fused-ring (bicyclic) bond motifs is 1. The molecule has 4 nitrogen and oxygen atoms in total. The normalized spacial score (nSPS) is 18.4. The summed E-state index contributed by atoms with van der Waals surface area (Å²) in [6.07, 6.45) is 2.37. The molecule has 108 valence electrons. The summed E-state index contributed by atoms with van der Waals surface area (Å²) in [6.45, 7) is 0. The van der Waals surface area contributed by atoms with Crippen molar-refractivity contribution < 1.29 is 14.7 Å². The maximum atomic E-state index is 12.3. The monoisotopic (exact) mass is 311 g/mol. The maximum Gasteiger partial charge on any atom is 0.326 e. The molecule has 0 fully saturated rings. The van der Waals surface area contributed by atoms with Crippen molar-refractivity contribution in [3.8, 4) is 0 Å². The molecule has 2 atom stereocenters. The van der Waals surface area contributed by atoms with E-state index in [1.54, 1.807) is 23.5 Å². The Balaban J connectivity index is 2.03. The van der Waals surface area contributed by atoms with E-state index >= 15 is 0 Å². The molecule has 20 heavy (non-hydrogen) atoms. The predicted molar refractivity (Wildman–Crippen MR) is 82.5 cm³/mol. The third-order valence-electron chi connectivity index (χ3n) is 3.24. The summed E-state index contributed by atoms with van der Waals surface area (Å²) in [5.41, 5.74) is 1.00. The Bertz CT molecular complexity index is 507. The van der Waals surface area contributed by atoms with E-state index in [2.05, 4.69) is 5.32 Å². The SMILES string of the molecule is CSCC[C@@H](NC(=O)C1CSc2ccccc21)C(=O)O. The second-order valence-corrected chi connectivity index (χ2v) is 6.63. The third-order valence-corrected chi connectivity index (χ3v) is 5.07. The van der Waals surface area contributed by atoms with Gasteiger partial charge in [-0.15, -0.1) is 11.8 Å². The molecule has 1 unspecified atom stereocenters. The first-order valence-electron chi connectivity index (χ1n) is 6.37. The summed E-state index contributed by atoms with van der Waals surface area (Å²) < 4.78 is 0. The number of nitrogens with one attached hydrogen (secondary N) is 1. The number of carbonyl (C=O) groups is 2. The van der Waals surface area contributed by atoms with Crippen molar-refractivity contribution in [2.24, 2.45) is 0 Å². The Hall–Kier alpha value is -1.14. The fourth-order valence-corrected chi connectivity index (χ4v) is 3.85. The van der Waals surface area contributed by atoms with Gasteiger partial charge >= 0.3 is 5.97 Å². The molecule has 2 N–H and O–H groups in total. The summed E-state index contributed by atoms with van der Waals surface area (Å²) in [6, 6.07) is 7.00. The number of carboxylic acid groups (broad SMARTS) is 1. The van der Waals surface area contributed by atoms with Crippen LogP contribution in [0.3, 0.4) is 0 Å². The van der Waals surface area contributed by atoms with E-state index in [4.69, 9.17) is 5.11 Å². The first-order chi connectivity index (χ1) is 9.63. The van der Waals surface area contributed by atoms with Crippen molar-refractivity contribution in [2.75, 3.05) is 17.8 Å². The van der Waals surface area contributed by atoms with Crippen LogP contribution in [0.15, 0.2) is 29.2 Å². The van der Waals surface area contributed by atoms with Gasteiger partial charge in [0.1, 0.15) is 6.04 Å². The summed E-state index contributed by atoms with van der Waals surface area (Å²) in [4.78, 5) is 24.6. The molecule has 1 aromatic carbocycles. The van der Waals surface area contributed by atoms with Crippen LogP contribution < -0.4 is 5.32 Å². The van der Waals surface area contributed by atoms with Gasteiger partial charge in [0.2, 0.25) is 5.91 Å². The van der Waals surface area contributed by atoms with Crippen LogP contribution in [0.4, 0.5) is 0 Å². The van der Waals surface area contributed by atoms with Gasteiger partial charge in [0.15, 0.2) is 0 Å². The van der Waals surface area contributed by atoms with E-state index in [1.165, 1.54) is 0 Å².